The molecule has 0 bridgehead atoms. The Morgan fingerprint density at radius 2 is 1.85 bits per heavy atom. The first-order chi connectivity index (χ1) is 13.2. The number of ether oxygens (including phenoxy) is 3. The Kier molecular flexibility index (Phi) is 6.27. The van der Waals surface area contributed by atoms with Gasteiger partial charge in [-0.3, -0.25) is 9.59 Å². The molecule has 1 atom stereocenters. The van der Waals surface area contributed by atoms with Crippen molar-refractivity contribution in [3.8, 4) is 11.5 Å². The maximum atomic E-state index is 12.4. The number of amides is 2. The van der Waals surface area contributed by atoms with Gasteiger partial charge in [0.2, 0.25) is 12.0 Å². The van der Waals surface area contributed by atoms with Gasteiger partial charge in [0.25, 0.3) is 5.91 Å². The summed E-state index contributed by atoms with van der Waals surface area (Å²) in [4.78, 5) is 24.2. The summed E-state index contributed by atoms with van der Waals surface area (Å²) in [6, 6.07) is 14.4. The highest BCUT2D eigenvalue weighted by Crippen LogP contribution is 2.31. The normalized spacial score (nSPS) is 15.1. The van der Waals surface area contributed by atoms with Crippen LogP contribution in [0, 0.1) is 0 Å². The van der Waals surface area contributed by atoms with E-state index >= 15 is 0 Å². The van der Waals surface area contributed by atoms with Crippen molar-refractivity contribution in [2.24, 2.45) is 0 Å². The number of nitrogens with one attached hydrogen (secondary N) is 2. The molecule has 0 saturated carbocycles. The maximum Gasteiger partial charge on any atom is 0.269 e. The van der Waals surface area contributed by atoms with Crippen LogP contribution in [0.25, 0.3) is 0 Å². The second kappa shape index (κ2) is 9.05. The molecule has 7 nitrogen and oxygen atoms in total. The Morgan fingerprint density at radius 1 is 1.11 bits per heavy atom. The number of methoxy groups -OCH3 is 1. The molecule has 0 radical (unpaired) electrons. The summed E-state index contributed by atoms with van der Waals surface area (Å²) in [5, 5.41) is 5.57. The summed E-state index contributed by atoms with van der Waals surface area (Å²) in [7, 11) is 1.59. The highest BCUT2D eigenvalue weighted by atomic mass is 16.6. The molecule has 7 heteroatoms. The topological polar surface area (TPSA) is 85.9 Å². The summed E-state index contributed by atoms with van der Waals surface area (Å²) in [5.41, 5.74) is 1.49. The van der Waals surface area contributed by atoms with Crippen LogP contribution in [0.2, 0.25) is 0 Å². The SMILES string of the molecule is COCCNC(=O)Cc1ccc(NC(=O)C2COc3ccccc3O2)cc1. The van der Waals surface area contributed by atoms with E-state index in [0.717, 1.165) is 5.56 Å². The molecule has 27 heavy (non-hydrogen) atoms. The van der Waals surface area contributed by atoms with Gasteiger partial charge in [-0.05, 0) is 29.8 Å². The van der Waals surface area contributed by atoms with Crippen molar-refractivity contribution in [2.75, 3.05) is 32.2 Å². The minimum atomic E-state index is -0.717. The van der Waals surface area contributed by atoms with Crippen molar-refractivity contribution < 1.29 is 23.8 Å². The third kappa shape index (κ3) is 5.21. The quantitative estimate of drug-likeness (QED) is 0.726. The van der Waals surface area contributed by atoms with Crippen molar-refractivity contribution in [2.45, 2.75) is 12.5 Å². The first kappa shape index (κ1) is 18.7. The van der Waals surface area contributed by atoms with Gasteiger partial charge >= 0.3 is 0 Å². The van der Waals surface area contributed by atoms with Gasteiger partial charge in [-0.2, -0.15) is 0 Å². The van der Waals surface area contributed by atoms with Gasteiger partial charge in [0, 0.05) is 19.3 Å². The van der Waals surface area contributed by atoms with Crippen molar-refractivity contribution in [3.63, 3.8) is 0 Å². The van der Waals surface area contributed by atoms with Crippen LogP contribution >= 0.6 is 0 Å². The van der Waals surface area contributed by atoms with Gasteiger partial charge in [-0.1, -0.05) is 24.3 Å². The lowest BCUT2D eigenvalue weighted by atomic mass is 10.1. The van der Waals surface area contributed by atoms with Crippen LogP contribution in [0.3, 0.4) is 0 Å². The molecule has 142 valence electrons. The van der Waals surface area contributed by atoms with Gasteiger partial charge < -0.3 is 24.8 Å². The standard InChI is InChI=1S/C20H22N2O5/c1-25-11-10-21-19(23)12-14-6-8-15(9-7-14)22-20(24)18-13-26-16-4-2-3-5-17(16)27-18/h2-9,18H,10-13H2,1H3,(H,21,23)(H,22,24). The zero-order chi connectivity index (χ0) is 19.1. The van der Waals surface area contributed by atoms with Crippen LogP contribution in [0.15, 0.2) is 48.5 Å². The zero-order valence-electron chi connectivity index (χ0n) is 15.1. The molecule has 1 aliphatic rings. The van der Waals surface area contributed by atoms with Gasteiger partial charge in [0.1, 0.15) is 6.61 Å². The minimum absolute atomic E-state index is 0.0738. The first-order valence-corrected chi connectivity index (χ1v) is 8.69. The molecule has 0 aromatic heterocycles. The smallest absolute Gasteiger partial charge is 0.269 e. The number of fused-ring (bicyclic) bond motifs is 1. The van der Waals surface area contributed by atoms with E-state index < -0.39 is 6.10 Å². The molecular formula is C20H22N2O5. The third-order valence-electron chi connectivity index (χ3n) is 4.02. The van der Waals surface area contributed by atoms with Crippen molar-refractivity contribution >= 4 is 17.5 Å². The number of hydrogen-bond donors (Lipinski definition) is 2. The van der Waals surface area contributed by atoms with Gasteiger partial charge in [-0.15, -0.1) is 0 Å². The average Bonchev–Trinajstić information content (AvgIpc) is 2.69. The third-order valence-corrected chi connectivity index (χ3v) is 4.02. The molecule has 0 fully saturated rings. The summed E-state index contributed by atoms with van der Waals surface area (Å²) in [6.07, 6.45) is -0.444. The number of hydrogen-bond acceptors (Lipinski definition) is 5. The van der Waals surface area contributed by atoms with Crippen LogP contribution in [-0.4, -0.2) is 44.8 Å². The fourth-order valence-corrected chi connectivity index (χ4v) is 2.62. The van der Waals surface area contributed by atoms with Crippen molar-refractivity contribution in [3.05, 3.63) is 54.1 Å². The predicted octanol–water partition coefficient (Wildman–Crippen LogP) is 1.77. The number of carbonyl (C=O) groups is 2. The Morgan fingerprint density at radius 3 is 2.59 bits per heavy atom. The molecule has 1 heterocycles. The lowest BCUT2D eigenvalue weighted by Crippen LogP contribution is -2.40. The van der Waals surface area contributed by atoms with Gasteiger partial charge in [-0.25, -0.2) is 0 Å². The van der Waals surface area contributed by atoms with Crippen LogP contribution in [0.1, 0.15) is 5.56 Å². The van der Waals surface area contributed by atoms with E-state index in [9.17, 15) is 9.59 Å². The highest BCUT2D eigenvalue weighted by molar-refractivity contribution is 5.94. The second-order valence-electron chi connectivity index (χ2n) is 6.07. The van der Waals surface area contributed by atoms with E-state index in [2.05, 4.69) is 10.6 Å². The Hall–Kier alpha value is -3.06. The maximum absolute atomic E-state index is 12.4. The van der Waals surface area contributed by atoms with E-state index in [0.29, 0.717) is 30.3 Å². The second-order valence-corrected chi connectivity index (χ2v) is 6.07. The van der Waals surface area contributed by atoms with E-state index in [-0.39, 0.29) is 24.8 Å². The lowest BCUT2D eigenvalue weighted by Gasteiger charge is -2.25. The lowest BCUT2D eigenvalue weighted by molar-refractivity contribution is -0.125. The molecule has 2 aromatic carbocycles. The van der Waals surface area contributed by atoms with Crippen LogP contribution in [0.4, 0.5) is 5.69 Å². The monoisotopic (exact) mass is 370 g/mol. The van der Waals surface area contributed by atoms with Crippen LogP contribution in [-0.2, 0) is 20.7 Å². The molecule has 2 aromatic rings. The van der Waals surface area contributed by atoms with Crippen molar-refractivity contribution in [1.29, 1.82) is 0 Å². The molecule has 1 aliphatic heterocycles. The Balaban J connectivity index is 1.51. The molecule has 0 spiro atoms. The molecule has 3 rings (SSSR count). The molecule has 2 N–H and O–H groups in total. The van der Waals surface area contributed by atoms with E-state index in [4.69, 9.17) is 14.2 Å². The van der Waals surface area contributed by atoms with Crippen LogP contribution in [0.5, 0.6) is 11.5 Å². The van der Waals surface area contributed by atoms with E-state index in [1.54, 1.807) is 43.5 Å². The molecule has 0 aliphatic carbocycles. The number of para-hydroxylation sites is 2. The summed E-state index contributed by atoms with van der Waals surface area (Å²) in [6.45, 7) is 1.12. The number of rotatable bonds is 7. The predicted molar refractivity (Wildman–Crippen MR) is 100 cm³/mol. The van der Waals surface area contributed by atoms with Crippen LogP contribution < -0.4 is 20.1 Å². The summed E-state index contributed by atoms with van der Waals surface area (Å²) < 4.78 is 16.1. The number of benzene rings is 2. The highest BCUT2D eigenvalue weighted by Gasteiger charge is 2.27. The van der Waals surface area contributed by atoms with E-state index in [1.165, 1.54) is 0 Å². The molecule has 1 unspecified atom stereocenters. The Bertz CT molecular complexity index is 791. The summed E-state index contributed by atoms with van der Waals surface area (Å²) in [5.74, 6) is 0.832. The average molecular weight is 370 g/mol. The minimum Gasteiger partial charge on any atom is -0.485 e. The Labute approximate surface area is 157 Å². The number of anilines is 1. The largest absolute Gasteiger partial charge is 0.485 e. The van der Waals surface area contributed by atoms with E-state index in [1.807, 2.05) is 12.1 Å². The fraction of sp³-hybridized carbons (Fsp3) is 0.300. The first-order valence-electron chi connectivity index (χ1n) is 8.69. The molecule has 2 amide bonds. The molecule has 0 saturated heterocycles. The van der Waals surface area contributed by atoms with Gasteiger partial charge in [0.15, 0.2) is 11.5 Å². The van der Waals surface area contributed by atoms with Crippen molar-refractivity contribution in [1.82, 2.24) is 5.32 Å². The fourth-order valence-electron chi connectivity index (χ4n) is 2.62. The summed E-state index contributed by atoms with van der Waals surface area (Å²) >= 11 is 0. The van der Waals surface area contributed by atoms with Gasteiger partial charge in [0.05, 0.1) is 13.0 Å². The number of carbonyl (C=O) groups excluding carboxylic acids is 2. The zero-order valence-corrected chi connectivity index (χ0v) is 15.1. The molecular weight excluding hydrogens is 348 g/mol.